The molecule has 24 heavy (non-hydrogen) atoms. The molecular formula is C18H12N6. The molecule has 114 valence electrons. The van der Waals surface area contributed by atoms with Gasteiger partial charge in [-0.05, 0) is 30.3 Å². The number of rotatable bonds is 3. The van der Waals surface area contributed by atoms with Crippen LogP contribution in [-0.4, -0.2) is 19.9 Å². The highest BCUT2D eigenvalue weighted by Crippen LogP contribution is 2.27. The van der Waals surface area contributed by atoms with Crippen molar-refractivity contribution in [2.45, 2.75) is 0 Å². The molecule has 0 aliphatic rings. The number of aromatic nitrogens is 4. The van der Waals surface area contributed by atoms with Gasteiger partial charge >= 0.3 is 0 Å². The summed E-state index contributed by atoms with van der Waals surface area (Å²) in [5, 5.41) is 13.2. The lowest BCUT2D eigenvalue weighted by atomic mass is 10.1. The molecule has 3 heterocycles. The van der Waals surface area contributed by atoms with Crippen molar-refractivity contribution in [3.05, 3.63) is 66.7 Å². The lowest BCUT2D eigenvalue weighted by Gasteiger charge is -2.06. The number of fused-ring (bicyclic) bond motifs is 1. The summed E-state index contributed by atoms with van der Waals surface area (Å²) >= 11 is 0. The van der Waals surface area contributed by atoms with Gasteiger partial charge in [-0.15, -0.1) is 0 Å². The van der Waals surface area contributed by atoms with E-state index in [0.29, 0.717) is 11.5 Å². The molecule has 1 aromatic carbocycles. The Morgan fingerprint density at radius 1 is 1.12 bits per heavy atom. The number of nitrogens with one attached hydrogen (secondary N) is 2. The van der Waals surface area contributed by atoms with Crippen LogP contribution in [0.25, 0.3) is 22.2 Å². The molecule has 0 aliphatic carbocycles. The summed E-state index contributed by atoms with van der Waals surface area (Å²) in [6.07, 6.45) is 7.16. The van der Waals surface area contributed by atoms with Gasteiger partial charge < -0.3 is 10.3 Å². The first-order valence-electron chi connectivity index (χ1n) is 7.35. The predicted octanol–water partition coefficient (Wildman–Crippen LogP) is 3.64. The van der Waals surface area contributed by atoms with Gasteiger partial charge in [-0.2, -0.15) is 5.26 Å². The van der Waals surface area contributed by atoms with Crippen molar-refractivity contribution in [1.82, 2.24) is 19.9 Å². The summed E-state index contributed by atoms with van der Waals surface area (Å²) in [5.41, 5.74) is 4.11. The second kappa shape index (κ2) is 5.82. The predicted molar refractivity (Wildman–Crippen MR) is 91.6 cm³/mol. The number of H-pyrrole nitrogens is 1. The van der Waals surface area contributed by atoms with E-state index >= 15 is 0 Å². The van der Waals surface area contributed by atoms with Crippen LogP contribution in [0.1, 0.15) is 5.56 Å². The van der Waals surface area contributed by atoms with Gasteiger partial charge in [0.1, 0.15) is 0 Å². The normalized spacial score (nSPS) is 10.5. The number of nitrogens with zero attached hydrogens (tertiary/aromatic N) is 4. The minimum atomic E-state index is 0.478. The Kier molecular flexibility index (Phi) is 3.37. The summed E-state index contributed by atoms with van der Waals surface area (Å²) < 4.78 is 0. The van der Waals surface area contributed by atoms with E-state index in [2.05, 4.69) is 31.3 Å². The third kappa shape index (κ3) is 2.55. The minimum absolute atomic E-state index is 0.478. The van der Waals surface area contributed by atoms with Gasteiger partial charge in [-0.25, -0.2) is 9.97 Å². The molecule has 6 heteroatoms. The molecule has 6 nitrogen and oxygen atoms in total. The molecule has 0 spiro atoms. The summed E-state index contributed by atoms with van der Waals surface area (Å²) in [7, 11) is 0. The third-order valence-electron chi connectivity index (χ3n) is 3.66. The zero-order chi connectivity index (χ0) is 16.4. The van der Waals surface area contributed by atoms with Crippen LogP contribution in [0.4, 0.5) is 11.6 Å². The minimum Gasteiger partial charge on any atom is -0.359 e. The molecule has 0 saturated heterocycles. The van der Waals surface area contributed by atoms with E-state index in [4.69, 9.17) is 5.26 Å². The first kappa shape index (κ1) is 13.9. The Labute approximate surface area is 137 Å². The maximum Gasteiger partial charge on any atom is 0.227 e. The highest BCUT2D eigenvalue weighted by Gasteiger charge is 2.08. The van der Waals surface area contributed by atoms with Gasteiger partial charge in [-0.3, -0.25) is 4.98 Å². The topological polar surface area (TPSA) is 90.3 Å². The number of hydrogen-bond acceptors (Lipinski definition) is 5. The van der Waals surface area contributed by atoms with Crippen molar-refractivity contribution in [2.75, 3.05) is 5.32 Å². The Morgan fingerprint density at radius 3 is 3.00 bits per heavy atom. The second-order valence-electron chi connectivity index (χ2n) is 5.21. The number of pyridine rings is 1. The Balaban J connectivity index is 1.70. The molecular weight excluding hydrogens is 300 g/mol. The summed E-state index contributed by atoms with van der Waals surface area (Å²) in [6.45, 7) is 0. The van der Waals surface area contributed by atoms with E-state index in [1.54, 1.807) is 30.7 Å². The van der Waals surface area contributed by atoms with Gasteiger partial charge in [-0.1, -0.05) is 6.07 Å². The monoisotopic (exact) mass is 312 g/mol. The van der Waals surface area contributed by atoms with Crippen molar-refractivity contribution in [3.8, 4) is 17.3 Å². The molecule has 0 radical (unpaired) electrons. The maximum absolute atomic E-state index is 8.98. The van der Waals surface area contributed by atoms with Crippen LogP contribution in [0.2, 0.25) is 0 Å². The van der Waals surface area contributed by atoms with Crippen LogP contribution in [0.3, 0.4) is 0 Å². The zero-order valence-electron chi connectivity index (χ0n) is 12.6. The largest absolute Gasteiger partial charge is 0.359 e. The smallest absolute Gasteiger partial charge is 0.227 e. The SMILES string of the molecule is N#Cc1cccc(Nc2nccc(-c3c[nH]c4cnccc34)n2)c1. The summed E-state index contributed by atoms with van der Waals surface area (Å²) in [6, 6.07) is 13.1. The van der Waals surface area contributed by atoms with Crippen LogP contribution < -0.4 is 5.32 Å². The van der Waals surface area contributed by atoms with Crippen molar-refractivity contribution in [3.63, 3.8) is 0 Å². The quantitative estimate of drug-likeness (QED) is 0.603. The maximum atomic E-state index is 8.98. The molecule has 0 unspecified atom stereocenters. The zero-order valence-corrected chi connectivity index (χ0v) is 12.6. The highest BCUT2D eigenvalue weighted by molar-refractivity contribution is 5.94. The number of nitriles is 1. The fourth-order valence-electron chi connectivity index (χ4n) is 2.55. The molecule has 4 aromatic rings. The number of benzene rings is 1. The van der Waals surface area contributed by atoms with Crippen molar-refractivity contribution >= 4 is 22.5 Å². The van der Waals surface area contributed by atoms with E-state index in [-0.39, 0.29) is 0 Å². The van der Waals surface area contributed by atoms with Crippen LogP contribution in [-0.2, 0) is 0 Å². The molecule has 2 N–H and O–H groups in total. The second-order valence-corrected chi connectivity index (χ2v) is 5.21. The first-order chi connectivity index (χ1) is 11.8. The Bertz CT molecular complexity index is 1060. The van der Waals surface area contributed by atoms with E-state index < -0.39 is 0 Å². The van der Waals surface area contributed by atoms with Gasteiger partial charge in [0, 0.05) is 35.2 Å². The van der Waals surface area contributed by atoms with Crippen LogP contribution in [0, 0.1) is 11.3 Å². The van der Waals surface area contributed by atoms with Crippen molar-refractivity contribution < 1.29 is 0 Å². The lowest BCUT2D eigenvalue weighted by molar-refractivity contribution is 1.17. The fraction of sp³-hybridized carbons (Fsp3) is 0. The summed E-state index contributed by atoms with van der Waals surface area (Å²) in [4.78, 5) is 16.1. The van der Waals surface area contributed by atoms with Crippen molar-refractivity contribution in [2.24, 2.45) is 0 Å². The number of anilines is 2. The molecule has 0 aliphatic heterocycles. The van der Waals surface area contributed by atoms with Gasteiger partial charge in [0.25, 0.3) is 0 Å². The average molecular weight is 312 g/mol. The van der Waals surface area contributed by atoms with E-state index in [1.165, 1.54) is 0 Å². The third-order valence-corrected chi connectivity index (χ3v) is 3.66. The molecule has 0 bridgehead atoms. The molecule has 0 amide bonds. The fourth-order valence-corrected chi connectivity index (χ4v) is 2.55. The lowest BCUT2D eigenvalue weighted by Crippen LogP contribution is -1.98. The Hall–Kier alpha value is -3.72. The summed E-state index contributed by atoms with van der Waals surface area (Å²) in [5.74, 6) is 0.478. The van der Waals surface area contributed by atoms with E-state index in [0.717, 1.165) is 27.8 Å². The molecule has 3 aromatic heterocycles. The number of hydrogen-bond donors (Lipinski definition) is 2. The average Bonchev–Trinajstić information content (AvgIpc) is 3.06. The Morgan fingerprint density at radius 2 is 2.08 bits per heavy atom. The first-order valence-corrected chi connectivity index (χ1v) is 7.35. The van der Waals surface area contributed by atoms with Crippen LogP contribution in [0.5, 0.6) is 0 Å². The van der Waals surface area contributed by atoms with Crippen LogP contribution in [0.15, 0.2) is 61.2 Å². The highest BCUT2D eigenvalue weighted by atomic mass is 15.1. The standard InChI is InChI=1S/C18H12N6/c19-9-12-2-1-3-13(8-12)23-18-21-7-5-16(24-18)15-10-22-17-11-20-6-4-14(15)17/h1-8,10-11,22H,(H,21,23,24). The van der Waals surface area contributed by atoms with Gasteiger partial charge in [0.15, 0.2) is 0 Å². The van der Waals surface area contributed by atoms with E-state index in [9.17, 15) is 0 Å². The van der Waals surface area contributed by atoms with Crippen LogP contribution >= 0.6 is 0 Å². The van der Waals surface area contributed by atoms with Gasteiger partial charge in [0.05, 0.1) is 29.0 Å². The van der Waals surface area contributed by atoms with Crippen molar-refractivity contribution in [1.29, 1.82) is 5.26 Å². The van der Waals surface area contributed by atoms with E-state index in [1.807, 2.05) is 30.5 Å². The molecule has 0 fully saturated rings. The molecule has 0 saturated carbocycles. The number of aromatic amines is 1. The van der Waals surface area contributed by atoms with Gasteiger partial charge in [0.2, 0.25) is 5.95 Å². The molecule has 4 rings (SSSR count). The molecule has 0 atom stereocenters.